The van der Waals surface area contributed by atoms with Crippen molar-refractivity contribution in [3.63, 3.8) is 0 Å². The highest BCUT2D eigenvalue weighted by Gasteiger charge is 2.15. The molecule has 0 heterocycles. The number of nitrogens with zero attached hydrogens (tertiary/aromatic N) is 2. The van der Waals surface area contributed by atoms with Gasteiger partial charge < -0.3 is 15.7 Å². The van der Waals surface area contributed by atoms with E-state index in [1.54, 1.807) is 0 Å². The zero-order valence-corrected chi connectivity index (χ0v) is 9.38. The van der Waals surface area contributed by atoms with Gasteiger partial charge in [-0.3, -0.25) is 10.1 Å². The summed E-state index contributed by atoms with van der Waals surface area (Å²) in [5.74, 6) is -0.723. The molecule has 0 aliphatic heterocycles. The van der Waals surface area contributed by atoms with Gasteiger partial charge in [0.2, 0.25) is 0 Å². The normalized spacial score (nSPS) is 11.3. The van der Waals surface area contributed by atoms with Crippen LogP contribution in [-0.2, 0) is 0 Å². The van der Waals surface area contributed by atoms with Crippen molar-refractivity contribution in [2.45, 2.75) is 12.8 Å². The van der Waals surface area contributed by atoms with Crippen molar-refractivity contribution in [1.82, 2.24) is 0 Å². The third-order valence-corrected chi connectivity index (χ3v) is 2.08. The highest BCUT2D eigenvalue weighted by Crippen LogP contribution is 2.27. The number of benzene rings is 1. The van der Waals surface area contributed by atoms with Crippen molar-refractivity contribution in [1.29, 1.82) is 0 Å². The van der Waals surface area contributed by atoms with Crippen LogP contribution in [0.5, 0.6) is 5.75 Å². The SMILES string of the molecule is N/C(CCCOc1cc(F)ccc1[N+](=O)[O-])=N\O. The Morgan fingerprint density at radius 3 is 2.94 bits per heavy atom. The van der Waals surface area contributed by atoms with Gasteiger partial charge in [-0.25, -0.2) is 4.39 Å². The Hall–Kier alpha value is -2.38. The first-order chi connectivity index (χ1) is 8.54. The number of amidine groups is 1. The summed E-state index contributed by atoms with van der Waals surface area (Å²) in [6.45, 7) is 0.0977. The minimum Gasteiger partial charge on any atom is -0.487 e. The Morgan fingerprint density at radius 2 is 2.33 bits per heavy atom. The topological polar surface area (TPSA) is 111 Å². The average molecular weight is 257 g/mol. The molecule has 0 saturated carbocycles. The van der Waals surface area contributed by atoms with E-state index in [4.69, 9.17) is 15.7 Å². The molecular formula is C10H12FN3O4. The maximum Gasteiger partial charge on any atom is 0.311 e. The highest BCUT2D eigenvalue weighted by atomic mass is 19.1. The van der Waals surface area contributed by atoms with Crippen LogP contribution in [0.1, 0.15) is 12.8 Å². The monoisotopic (exact) mass is 257 g/mol. The molecule has 0 radical (unpaired) electrons. The lowest BCUT2D eigenvalue weighted by Gasteiger charge is -2.06. The van der Waals surface area contributed by atoms with Gasteiger partial charge in [0, 0.05) is 18.6 Å². The van der Waals surface area contributed by atoms with Crippen molar-refractivity contribution in [2.24, 2.45) is 10.9 Å². The average Bonchev–Trinajstić information content (AvgIpc) is 2.34. The lowest BCUT2D eigenvalue weighted by molar-refractivity contribution is -0.385. The zero-order valence-electron chi connectivity index (χ0n) is 9.38. The quantitative estimate of drug-likeness (QED) is 0.201. The van der Waals surface area contributed by atoms with Gasteiger partial charge in [0.15, 0.2) is 5.75 Å². The van der Waals surface area contributed by atoms with Gasteiger partial charge in [0.05, 0.1) is 11.5 Å². The number of oxime groups is 1. The van der Waals surface area contributed by atoms with E-state index in [1.165, 1.54) is 0 Å². The highest BCUT2D eigenvalue weighted by molar-refractivity contribution is 5.79. The number of nitrogens with two attached hydrogens (primary N) is 1. The van der Waals surface area contributed by atoms with Crippen LogP contribution >= 0.6 is 0 Å². The van der Waals surface area contributed by atoms with Crippen LogP contribution in [0.25, 0.3) is 0 Å². The van der Waals surface area contributed by atoms with E-state index in [2.05, 4.69) is 5.16 Å². The Morgan fingerprint density at radius 1 is 1.61 bits per heavy atom. The van der Waals surface area contributed by atoms with Crippen molar-refractivity contribution in [3.8, 4) is 5.75 Å². The summed E-state index contributed by atoms with van der Waals surface area (Å²) in [4.78, 5) is 10.00. The molecule has 7 nitrogen and oxygen atoms in total. The van der Waals surface area contributed by atoms with E-state index in [1.807, 2.05) is 0 Å². The fraction of sp³-hybridized carbons (Fsp3) is 0.300. The maximum absolute atomic E-state index is 12.9. The second-order valence-corrected chi connectivity index (χ2v) is 3.41. The van der Waals surface area contributed by atoms with E-state index < -0.39 is 10.7 Å². The second kappa shape index (κ2) is 6.38. The predicted molar refractivity (Wildman–Crippen MR) is 61.2 cm³/mol. The molecule has 0 aliphatic rings. The number of nitro benzene ring substituents is 1. The Labute approximate surface area is 102 Å². The van der Waals surface area contributed by atoms with Crippen LogP contribution in [0, 0.1) is 15.9 Å². The molecule has 0 aliphatic carbocycles. The summed E-state index contributed by atoms with van der Waals surface area (Å²) in [5.41, 5.74) is 4.93. The van der Waals surface area contributed by atoms with Crippen LogP contribution in [0.4, 0.5) is 10.1 Å². The molecule has 8 heteroatoms. The van der Waals surface area contributed by atoms with Gasteiger partial charge in [0.25, 0.3) is 0 Å². The van der Waals surface area contributed by atoms with E-state index in [-0.39, 0.29) is 30.3 Å². The molecule has 18 heavy (non-hydrogen) atoms. The summed E-state index contributed by atoms with van der Waals surface area (Å²) >= 11 is 0. The Bertz CT molecular complexity index is 464. The molecule has 0 fully saturated rings. The summed E-state index contributed by atoms with van der Waals surface area (Å²) < 4.78 is 18.0. The number of rotatable bonds is 6. The predicted octanol–water partition coefficient (Wildman–Crippen LogP) is 1.64. The van der Waals surface area contributed by atoms with Crippen molar-refractivity contribution in [2.75, 3.05) is 6.61 Å². The van der Waals surface area contributed by atoms with Gasteiger partial charge in [-0.15, -0.1) is 0 Å². The molecule has 0 unspecified atom stereocenters. The summed E-state index contributed by atoms with van der Waals surface area (Å²) in [6.07, 6.45) is 0.670. The summed E-state index contributed by atoms with van der Waals surface area (Å²) in [7, 11) is 0. The van der Waals surface area contributed by atoms with Crippen molar-refractivity contribution >= 4 is 11.5 Å². The third-order valence-electron chi connectivity index (χ3n) is 2.08. The molecule has 98 valence electrons. The fourth-order valence-corrected chi connectivity index (χ4v) is 1.24. The lowest BCUT2D eigenvalue weighted by atomic mass is 10.3. The standard InChI is InChI=1S/C10H12FN3O4/c11-7-3-4-8(14(16)17)9(6-7)18-5-1-2-10(12)13-15/h3-4,6,15H,1-2,5H2,(H2,12,13). The second-order valence-electron chi connectivity index (χ2n) is 3.41. The zero-order chi connectivity index (χ0) is 13.5. The minimum absolute atomic E-state index is 0.0346. The molecule has 0 spiro atoms. The van der Waals surface area contributed by atoms with Gasteiger partial charge in [-0.05, 0) is 12.5 Å². The lowest BCUT2D eigenvalue weighted by Crippen LogP contribution is -2.13. The molecule has 0 bridgehead atoms. The van der Waals surface area contributed by atoms with Crippen LogP contribution in [0.2, 0.25) is 0 Å². The Balaban J connectivity index is 2.61. The smallest absolute Gasteiger partial charge is 0.311 e. The largest absolute Gasteiger partial charge is 0.487 e. The summed E-state index contributed by atoms with van der Waals surface area (Å²) in [6, 6.07) is 2.97. The Kier molecular flexibility index (Phi) is 4.85. The van der Waals surface area contributed by atoms with Crippen LogP contribution in [0.15, 0.2) is 23.4 Å². The fourth-order valence-electron chi connectivity index (χ4n) is 1.24. The first-order valence-electron chi connectivity index (χ1n) is 5.07. The minimum atomic E-state index is -0.654. The van der Waals surface area contributed by atoms with Gasteiger partial charge in [-0.1, -0.05) is 5.16 Å². The van der Waals surface area contributed by atoms with E-state index in [0.29, 0.717) is 6.42 Å². The molecule has 1 aromatic rings. The number of hydrogen-bond acceptors (Lipinski definition) is 5. The molecule has 1 aromatic carbocycles. The van der Waals surface area contributed by atoms with Crippen LogP contribution < -0.4 is 10.5 Å². The molecule has 1 rings (SSSR count). The molecule has 3 N–H and O–H groups in total. The van der Waals surface area contributed by atoms with Gasteiger partial charge in [-0.2, -0.15) is 0 Å². The number of hydrogen-bond donors (Lipinski definition) is 2. The first kappa shape index (κ1) is 13.7. The van der Waals surface area contributed by atoms with Gasteiger partial charge in [0.1, 0.15) is 11.7 Å². The first-order valence-corrected chi connectivity index (χ1v) is 5.07. The van der Waals surface area contributed by atoms with Gasteiger partial charge >= 0.3 is 5.69 Å². The van der Waals surface area contributed by atoms with Crippen molar-refractivity contribution in [3.05, 3.63) is 34.1 Å². The van der Waals surface area contributed by atoms with Crippen molar-refractivity contribution < 1.29 is 19.3 Å². The summed E-state index contributed by atoms with van der Waals surface area (Å²) in [5, 5.41) is 21.7. The maximum atomic E-state index is 12.9. The van der Waals surface area contributed by atoms with E-state index in [0.717, 1.165) is 18.2 Å². The molecule has 0 amide bonds. The number of halogens is 1. The number of nitro groups is 1. The van der Waals surface area contributed by atoms with Crippen LogP contribution in [0.3, 0.4) is 0 Å². The van der Waals surface area contributed by atoms with E-state index in [9.17, 15) is 14.5 Å². The molecule has 0 atom stereocenters. The molecule has 0 aromatic heterocycles. The third kappa shape index (κ3) is 3.89. The molecular weight excluding hydrogens is 245 g/mol. The van der Waals surface area contributed by atoms with Crippen LogP contribution in [-0.4, -0.2) is 22.6 Å². The number of ether oxygens (including phenoxy) is 1. The van der Waals surface area contributed by atoms with E-state index >= 15 is 0 Å². The molecule has 0 saturated heterocycles.